The number of nitrogens with zero attached hydrogens (tertiary/aromatic N) is 5. The standard InChI is InChI=1S/C11H7F2N5O2/c1-17-15-7(14-16-17)4-18-9-6(13)3-2-5(12)8(9)10(19)11(18)20/h2-3H,4H2,1H3. The highest BCUT2D eigenvalue weighted by molar-refractivity contribution is 6.52. The first-order valence-corrected chi connectivity index (χ1v) is 5.56. The van der Waals surface area contributed by atoms with Crippen molar-refractivity contribution < 1.29 is 18.4 Å². The zero-order chi connectivity index (χ0) is 14.4. The number of halogens is 2. The molecule has 0 saturated heterocycles. The molecule has 2 aromatic rings. The molecule has 9 heteroatoms. The Morgan fingerprint density at radius 2 is 1.90 bits per heavy atom. The number of carbonyl (C=O) groups is 2. The van der Waals surface area contributed by atoms with Crippen molar-refractivity contribution in [2.45, 2.75) is 6.54 Å². The number of hydrogen-bond acceptors (Lipinski definition) is 5. The van der Waals surface area contributed by atoms with Crippen molar-refractivity contribution in [3.05, 3.63) is 35.2 Å². The molecule has 1 aliphatic rings. The number of tetrazole rings is 1. The van der Waals surface area contributed by atoms with Crippen LogP contribution in [0.2, 0.25) is 0 Å². The Morgan fingerprint density at radius 3 is 2.55 bits per heavy atom. The fraction of sp³-hybridized carbons (Fsp3) is 0.182. The minimum Gasteiger partial charge on any atom is -0.294 e. The van der Waals surface area contributed by atoms with Crippen LogP contribution in [0.1, 0.15) is 16.2 Å². The summed E-state index contributed by atoms with van der Waals surface area (Å²) in [5, 5.41) is 11.0. The second-order valence-corrected chi connectivity index (χ2v) is 4.17. The van der Waals surface area contributed by atoms with Gasteiger partial charge in [0, 0.05) is 0 Å². The third-order valence-corrected chi connectivity index (χ3v) is 2.86. The summed E-state index contributed by atoms with van der Waals surface area (Å²) in [5.41, 5.74) is -0.939. The van der Waals surface area contributed by atoms with Crippen LogP contribution in [-0.4, -0.2) is 31.9 Å². The number of Topliss-reactive ketones (excluding diaryl/α,β-unsaturated/α-hetero) is 1. The molecule has 1 amide bonds. The maximum absolute atomic E-state index is 13.8. The SMILES string of the molecule is Cn1nnc(CN2C(=O)C(=O)c3c(F)ccc(F)c32)n1. The summed E-state index contributed by atoms with van der Waals surface area (Å²) in [6.45, 7) is -0.258. The third-order valence-electron chi connectivity index (χ3n) is 2.86. The van der Waals surface area contributed by atoms with Gasteiger partial charge in [-0.15, -0.1) is 10.2 Å². The number of ketones is 1. The molecule has 0 atom stereocenters. The Labute approximate surface area is 110 Å². The molecule has 102 valence electrons. The van der Waals surface area contributed by atoms with Gasteiger partial charge in [-0.2, -0.15) is 4.80 Å². The van der Waals surface area contributed by atoms with Crippen molar-refractivity contribution in [3.63, 3.8) is 0 Å². The van der Waals surface area contributed by atoms with Crippen molar-refractivity contribution in [2.24, 2.45) is 7.05 Å². The van der Waals surface area contributed by atoms with E-state index >= 15 is 0 Å². The average molecular weight is 279 g/mol. The molecule has 20 heavy (non-hydrogen) atoms. The monoisotopic (exact) mass is 279 g/mol. The molecule has 0 bridgehead atoms. The van der Waals surface area contributed by atoms with Crippen molar-refractivity contribution in [1.82, 2.24) is 20.2 Å². The summed E-state index contributed by atoms with van der Waals surface area (Å²) >= 11 is 0. The third kappa shape index (κ3) is 1.67. The van der Waals surface area contributed by atoms with Crippen LogP contribution in [0.15, 0.2) is 12.1 Å². The number of hydrogen-bond donors (Lipinski definition) is 0. The molecule has 0 aliphatic carbocycles. The van der Waals surface area contributed by atoms with Gasteiger partial charge in [-0.25, -0.2) is 8.78 Å². The van der Waals surface area contributed by atoms with Crippen LogP contribution in [0.4, 0.5) is 14.5 Å². The minimum absolute atomic E-state index is 0.116. The van der Waals surface area contributed by atoms with Gasteiger partial charge < -0.3 is 0 Å². The first-order valence-electron chi connectivity index (χ1n) is 5.56. The number of fused-ring (bicyclic) bond motifs is 1. The van der Waals surface area contributed by atoms with E-state index in [0.29, 0.717) is 0 Å². The molecule has 3 rings (SSSR count). The van der Waals surface area contributed by atoms with Crippen LogP contribution in [0.25, 0.3) is 0 Å². The fourth-order valence-corrected chi connectivity index (χ4v) is 2.03. The van der Waals surface area contributed by atoms with Crippen molar-refractivity contribution in [2.75, 3.05) is 4.90 Å². The molecule has 7 nitrogen and oxygen atoms in total. The van der Waals surface area contributed by atoms with E-state index in [4.69, 9.17) is 0 Å². The molecular formula is C11H7F2N5O2. The fourth-order valence-electron chi connectivity index (χ4n) is 2.03. The van der Waals surface area contributed by atoms with E-state index in [1.165, 1.54) is 7.05 Å². The number of benzene rings is 1. The summed E-state index contributed by atoms with van der Waals surface area (Å²) in [4.78, 5) is 25.5. The Balaban J connectivity index is 2.08. The predicted molar refractivity (Wildman–Crippen MR) is 60.7 cm³/mol. The molecule has 1 aromatic heterocycles. The van der Waals surface area contributed by atoms with Crippen molar-refractivity contribution in [1.29, 1.82) is 0 Å². The van der Waals surface area contributed by atoms with Gasteiger partial charge in [-0.3, -0.25) is 14.5 Å². The summed E-state index contributed by atoms with van der Waals surface area (Å²) in [7, 11) is 1.52. The average Bonchev–Trinajstić information content (AvgIpc) is 2.92. The van der Waals surface area contributed by atoms with Gasteiger partial charge in [0.15, 0.2) is 5.82 Å². The highest BCUT2D eigenvalue weighted by Gasteiger charge is 2.41. The van der Waals surface area contributed by atoms with E-state index in [1.54, 1.807) is 0 Å². The molecule has 1 aliphatic heterocycles. The summed E-state index contributed by atoms with van der Waals surface area (Å²) in [6, 6.07) is 1.67. The topological polar surface area (TPSA) is 81.0 Å². The highest BCUT2D eigenvalue weighted by atomic mass is 19.1. The lowest BCUT2D eigenvalue weighted by Gasteiger charge is -2.14. The van der Waals surface area contributed by atoms with E-state index in [1.807, 2.05) is 0 Å². The number of anilines is 1. The van der Waals surface area contributed by atoms with Crippen LogP contribution in [0.5, 0.6) is 0 Å². The van der Waals surface area contributed by atoms with Gasteiger partial charge in [0.25, 0.3) is 11.7 Å². The molecule has 0 fully saturated rings. The van der Waals surface area contributed by atoms with Crippen molar-refractivity contribution in [3.8, 4) is 0 Å². The maximum atomic E-state index is 13.8. The zero-order valence-electron chi connectivity index (χ0n) is 10.2. The molecule has 0 saturated carbocycles. The number of amides is 1. The smallest absolute Gasteiger partial charge is 0.294 e. The Hall–Kier alpha value is -2.71. The molecule has 0 unspecified atom stereocenters. The molecule has 0 spiro atoms. The number of aromatic nitrogens is 4. The van der Waals surface area contributed by atoms with Gasteiger partial charge in [0.2, 0.25) is 0 Å². The van der Waals surface area contributed by atoms with Gasteiger partial charge >= 0.3 is 0 Å². The maximum Gasteiger partial charge on any atom is 0.300 e. The molecule has 0 N–H and O–H groups in total. The van der Waals surface area contributed by atoms with Crippen LogP contribution in [0, 0.1) is 11.6 Å². The van der Waals surface area contributed by atoms with Crippen LogP contribution in [-0.2, 0) is 18.4 Å². The Bertz CT molecular complexity index is 742. The van der Waals surface area contributed by atoms with Crippen LogP contribution >= 0.6 is 0 Å². The predicted octanol–water partition coefficient (Wildman–Crippen LogP) is 0.218. The number of aryl methyl sites for hydroxylation is 1. The summed E-state index contributed by atoms with van der Waals surface area (Å²) in [6.07, 6.45) is 0. The first kappa shape index (κ1) is 12.3. The molecule has 1 aromatic carbocycles. The van der Waals surface area contributed by atoms with Crippen molar-refractivity contribution >= 4 is 17.4 Å². The van der Waals surface area contributed by atoms with Crippen LogP contribution < -0.4 is 4.90 Å². The van der Waals surface area contributed by atoms with Gasteiger partial charge in [0.1, 0.15) is 11.6 Å². The van der Waals surface area contributed by atoms with Gasteiger partial charge in [-0.1, -0.05) is 0 Å². The second kappa shape index (κ2) is 4.15. The molecule has 2 heterocycles. The Morgan fingerprint density at radius 1 is 1.20 bits per heavy atom. The van der Waals surface area contributed by atoms with E-state index in [9.17, 15) is 18.4 Å². The minimum atomic E-state index is -1.08. The zero-order valence-corrected chi connectivity index (χ0v) is 10.2. The van der Waals surface area contributed by atoms with Gasteiger partial charge in [-0.05, 0) is 17.3 Å². The summed E-state index contributed by atoms with van der Waals surface area (Å²) in [5.74, 6) is -3.78. The van der Waals surface area contributed by atoms with Crippen LogP contribution in [0.3, 0.4) is 0 Å². The quantitative estimate of drug-likeness (QED) is 0.734. The molecular weight excluding hydrogens is 272 g/mol. The largest absolute Gasteiger partial charge is 0.300 e. The number of carbonyl (C=O) groups excluding carboxylic acids is 2. The molecule has 0 radical (unpaired) electrons. The normalized spacial score (nSPS) is 14.1. The summed E-state index contributed by atoms with van der Waals surface area (Å²) < 4.78 is 27.4. The second-order valence-electron chi connectivity index (χ2n) is 4.17. The lowest BCUT2D eigenvalue weighted by molar-refractivity contribution is -0.114. The highest BCUT2D eigenvalue weighted by Crippen LogP contribution is 2.34. The number of rotatable bonds is 2. The van der Waals surface area contributed by atoms with E-state index in [0.717, 1.165) is 21.8 Å². The first-order chi connectivity index (χ1) is 9.49. The van der Waals surface area contributed by atoms with Gasteiger partial charge in [0.05, 0.1) is 24.8 Å². The van der Waals surface area contributed by atoms with E-state index in [-0.39, 0.29) is 18.1 Å². The van der Waals surface area contributed by atoms with E-state index in [2.05, 4.69) is 15.4 Å². The lowest BCUT2D eigenvalue weighted by Crippen LogP contribution is -2.30. The van der Waals surface area contributed by atoms with E-state index < -0.39 is 28.9 Å². The lowest BCUT2D eigenvalue weighted by atomic mass is 10.1. The Kier molecular flexibility index (Phi) is 2.56.